The first-order chi connectivity index (χ1) is 8.63. The minimum absolute atomic E-state index is 0.0929. The first kappa shape index (κ1) is 13.0. The summed E-state index contributed by atoms with van der Waals surface area (Å²) in [6.07, 6.45) is 4.21. The second-order valence-electron chi connectivity index (χ2n) is 4.73. The number of carbonyl (C=O) groups is 1. The molecule has 1 fully saturated rings. The van der Waals surface area contributed by atoms with Crippen LogP contribution in [0.5, 0.6) is 0 Å². The van der Waals surface area contributed by atoms with Gasteiger partial charge in [-0.3, -0.25) is 9.78 Å². The molecule has 1 aromatic heterocycles. The molecule has 5 heteroatoms. The zero-order valence-corrected chi connectivity index (χ0v) is 10.5. The van der Waals surface area contributed by atoms with Crippen LogP contribution in [0.15, 0.2) is 18.5 Å². The fourth-order valence-corrected chi connectivity index (χ4v) is 2.39. The molecule has 0 aromatic carbocycles. The Hall–Kier alpha value is -1.49. The molecular weight excluding hydrogens is 233 g/mol. The highest BCUT2D eigenvalue weighted by Gasteiger charge is 2.29. The quantitative estimate of drug-likeness (QED) is 0.864. The predicted molar refractivity (Wildman–Crippen MR) is 66.5 cm³/mol. The lowest BCUT2D eigenvalue weighted by atomic mass is 9.90. The van der Waals surface area contributed by atoms with Crippen molar-refractivity contribution < 1.29 is 9.18 Å². The maximum atomic E-state index is 13.5. The summed E-state index contributed by atoms with van der Waals surface area (Å²) in [5, 5.41) is 0. The van der Waals surface area contributed by atoms with E-state index in [0.717, 1.165) is 19.0 Å². The summed E-state index contributed by atoms with van der Waals surface area (Å²) in [7, 11) is 0. The molecule has 0 radical (unpaired) electrons. The smallest absolute Gasteiger partial charge is 0.256 e. The van der Waals surface area contributed by atoms with Crippen LogP contribution in [-0.4, -0.2) is 34.9 Å². The number of rotatable bonds is 2. The van der Waals surface area contributed by atoms with Crippen molar-refractivity contribution >= 4 is 5.91 Å². The molecule has 1 amide bonds. The highest BCUT2D eigenvalue weighted by molar-refractivity contribution is 5.94. The number of nitrogens with zero attached hydrogens (tertiary/aromatic N) is 2. The van der Waals surface area contributed by atoms with Gasteiger partial charge < -0.3 is 10.6 Å². The Morgan fingerprint density at radius 2 is 2.44 bits per heavy atom. The summed E-state index contributed by atoms with van der Waals surface area (Å²) >= 11 is 0. The average Bonchev–Trinajstić information content (AvgIpc) is 2.39. The van der Waals surface area contributed by atoms with Gasteiger partial charge in [-0.2, -0.15) is 0 Å². The van der Waals surface area contributed by atoms with Crippen LogP contribution >= 0.6 is 0 Å². The Balaban J connectivity index is 2.13. The number of carbonyl (C=O) groups excluding carboxylic acids is 1. The van der Waals surface area contributed by atoms with Gasteiger partial charge in [-0.1, -0.05) is 13.3 Å². The van der Waals surface area contributed by atoms with Crippen molar-refractivity contribution in [1.82, 2.24) is 9.88 Å². The van der Waals surface area contributed by atoms with Crippen LogP contribution < -0.4 is 5.73 Å². The Morgan fingerprint density at radius 3 is 3.11 bits per heavy atom. The zero-order chi connectivity index (χ0) is 13.1. The summed E-state index contributed by atoms with van der Waals surface area (Å²) in [5.41, 5.74) is 6.09. The van der Waals surface area contributed by atoms with Gasteiger partial charge in [0.05, 0.1) is 11.8 Å². The Labute approximate surface area is 106 Å². The van der Waals surface area contributed by atoms with E-state index in [4.69, 9.17) is 5.73 Å². The highest BCUT2D eigenvalue weighted by atomic mass is 19.1. The van der Waals surface area contributed by atoms with Gasteiger partial charge >= 0.3 is 0 Å². The van der Waals surface area contributed by atoms with Gasteiger partial charge in [0.1, 0.15) is 0 Å². The van der Waals surface area contributed by atoms with E-state index >= 15 is 0 Å². The number of nitrogens with two attached hydrogens (primary N) is 1. The molecule has 2 heterocycles. The molecule has 0 bridgehead atoms. The van der Waals surface area contributed by atoms with Crippen molar-refractivity contribution in [3.8, 4) is 0 Å². The maximum Gasteiger partial charge on any atom is 0.256 e. The molecule has 1 aliphatic heterocycles. The Kier molecular flexibility index (Phi) is 3.91. The third-order valence-electron chi connectivity index (χ3n) is 3.61. The molecule has 1 saturated heterocycles. The molecule has 0 saturated carbocycles. The predicted octanol–water partition coefficient (Wildman–Crippen LogP) is 1.42. The van der Waals surface area contributed by atoms with Crippen molar-refractivity contribution in [3.63, 3.8) is 0 Å². The first-order valence-corrected chi connectivity index (χ1v) is 6.27. The fraction of sp³-hybridized carbons (Fsp3) is 0.538. The number of likely N-dealkylation sites (tertiary alicyclic amines) is 1. The second-order valence-corrected chi connectivity index (χ2v) is 4.73. The van der Waals surface area contributed by atoms with E-state index in [1.165, 1.54) is 12.3 Å². The minimum Gasteiger partial charge on any atom is -0.338 e. The van der Waals surface area contributed by atoms with Crippen LogP contribution in [0.25, 0.3) is 0 Å². The van der Waals surface area contributed by atoms with Gasteiger partial charge in [0.15, 0.2) is 5.82 Å². The van der Waals surface area contributed by atoms with Crippen molar-refractivity contribution in [3.05, 3.63) is 29.8 Å². The number of hydrogen-bond donors (Lipinski definition) is 1. The lowest BCUT2D eigenvalue weighted by Crippen LogP contribution is -2.49. The molecule has 2 unspecified atom stereocenters. The normalized spacial score (nSPS) is 24.1. The van der Waals surface area contributed by atoms with E-state index in [0.29, 0.717) is 19.0 Å². The summed E-state index contributed by atoms with van der Waals surface area (Å²) in [6.45, 7) is 3.27. The molecule has 4 nitrogen and oxygen atoms in total. The van der Waals surface area contributed by atoms with E-state index in [2.05, 4.69) is 11.9 Å². The third kappa shape index (κ3) is 2.51. The van der Waals surface area contributed by atoms with E-state index in [1.54, 1.807) is 4.90 Å². The summed E-state index contributed by atoms with van der Waals surface area (Å²) in [4.78, 5) is 17.5. The minimum atomic E-state index is -0.564. The number of halogens is 1. The van der Waals surface area contributed by atoms with Crippen LogP contribution in [0.2, 0.25) is 0 Å². The van der Waals surface area contributed by atoms with Crippen molar-refractivity contribution in [2.24, 2.45) is 11.7 Å². The molecule has 2 atom stereocenters. The van der Waals surface area contributed by atoms with E-state index < -0.39 is 5.82 Å². The topological polar surface area (TPSA) is 59.2 Å². The van der Waals surface area contributed by atoms with Gasteiger partial charge in [-0.15, -0.1) is 0 Å². The van der Waals surface area contributed by atoms with Gasteiger partial charge in [-0.05, 0) is 18.4 Å². The number of aromatic nitrogens is 1. The monoisotopic (exact) mass is 251 g/mol. The molecular formula is C13H18FN3O. The molecule has 2 rings (SSSR count). The first-order valence-electron chi connectivity index (χ1n) is 6.27. The van der Waals surface area contributed by atoms with Gasteiger partial charge in [0.2, 0.25) is 0 Å². The van der Waals surface area contributed by atoms with Crippen LogP contribution in [-0.2, 0) is 0 Å². The third-order valence-corrected chi connectivity index (χ3v) is 3.61. The largest absolute Gasteiger partial charge is 0.338 e. The zero-order valence-electron chi connectivity index (χ0n) is 10.5. The molecule has 18 heavy (non-hydrogen) atoms. The Morgan fingerprint density at radius 1 is 1.67 bits per heavy atom. The van der Waals surface area contributed by atoms with Crippen molar-refractivity contribution in [1.29, 1.82) is 0 Å². The van der Waals surface area contributed by atoms with E-state index in [-0.39, 0.29) is 17.5 Å². The number of piperidine rings is 1. The van der Waals surface area contributed by atoms with Crippen molar-refractivity contribution in [2.45, 2.75) is 25.8 Å². The van der Waals surface area contributed by atoms with Gasteiger partial charge in [-0.25, -0.2) is 4.39 Å². The van der Waals surface area contributed by atoms with Gasteiger partial charge in [0.25, 0.3) is 5.91 Å². The van der Waals surface area contributed by atoms with Crippen molar-refractivity contribution in [2.75, 3.05) is 13.1 Å². The molecule has 1 aliphatic rings. The van der Waals surface area contributed by atoms with Gasteiger partial charge in [0, 0.05) is 25.3 Å². The molecule has 98 valence electrons. The maximum absolute atomic E-state index is 13.5. The Bertz CT molecular complexity index is 438. The number of pyridine rings is 1. The highest BCUT2D eigenvalue weighted by Crippen LogP contribution is 2.20. The molecule has 2 N–H and O–H groups in total. The van der Waals surface area contributed by atoms with Crippen LogP contribution in [0, 0.1) is 11.7 Å². The summed E-state index contributed by atoms with van der Waals surface area (Å²) in [6, 6.07) is 1.56. The van der Waals surface area contributed by atoms with E-state index in [1.807, 2.05) is 0 Å². The lowest BCUT2D eigenvalue weighted by Gasteiger charge is -2.36. The number of amides is 1. The second kappa shape index (κ2) is 5.44. The summed E-state index contributed by atoms with van der Waals surface area (Å²) in [5.74, 6) is -0.529. The SMILES string of the molecule is CCC1CN(C(=O)c2ccncc2F)CCC1N. The number of hydrogen-bond acceptors (Lipinski definition) is 3. The lowest BCUT2D eigenvalue weighted by molar-refractivity contribution is 0.0644. The fourth-order valence-electron chi connectivity index (χ4n) is 2.39. The van der Waals surface area contributed by atoms with E-state index in [9.17, 15) is 9.18 Å². The average molecular weight is 251 g/mol. The summed E-state index contributed by atoms with van der Waals surface area (Å²) < 4.78 is 13.5. The molecule has 0 aliphatic carbocycles. The standard InChI is InChI=1S/C13H18FN3O/c1-2-9-8-17(6-4-12(9)15)13(18)10-3-5-16-7-11(10)14/h3,5,7,9,12H,2,4,6,8,15H2,1H3. The van der Waals surface area contributed by atoms with Crippen LogP contribution in [0.4, 0.5) is 4.39 Å². The molecule has 1 aromatic rings. The molecule has 0 spiro atoms. The van der Waals surface area contributed by atoms with Crippen LogP contribution in [0.1, 0.15) is 30.1 Å². The van der Waals surface area contributed by atoms with Crippen LogP contribution in [0.3, 0.4) is 0 Å².